The SMILES string of the molecule is CC(C)NC(=O)N1C[C@@H]2CN(Cc3cccc(F)c3)C(=O)[C@@H]2C1. The van der Waals surface area contributed by atoms with E-state index in [1.54, 1.807) is 15.9 Å². The van der Waals surface area contributed by atoms with Crippen LogP contribution in [-0.2, 0) is 11.3 Å². The van der Waals surface area contributed by atoms with Gasteiger partial charge in [-0.15, -0.1) is 0 Å². The van der Waals surface area contributed by atoms with Crippen LogP contribution in [-0.4, -0.2) is 47.4 Å². The van der Waals surface area contributed by atoms with Gasteiger partial charge in [-0.3, -0.25) is 4.79 Å². The number of benzene rings is 1. The van der Waals surface area contributed by atoms with E-state index in [-0.39, 0.29) is 35.6 Å². The van der Waals surface area contributed by atoms with E-state index in [4.69, 9.17) is 0 Å². The van der Waals surface area contributed by atoms with E-state index in [1.807, 2.05) is 19.9 Å². The van der Waals surface area contributed by atoms with E-state index in [9.17, 15) is 14.0 Å². The van der Waals surface area contributed by atoms with Crippen molar-refractivity contribution in [2.24, 2.45) is 11.8 Å². The maximum Gasteiger partial charge on any atom is 0.317 e. The monoisotopic (exact) mass is 319 g/mol. The summed E-state index contributed by atoms with van der Waals surface area (Å²) in [7, 11) is 0. The molecule has 6 heteroatoms. The number of carbonyl (C=O) groups excluding carboxylic acids is 2. The zero-order chi connectivity index (χ0) is 16.6. The second-order valence-corrected chi connectivity index (χ2v) is 6.72. The molecule has 2 aliphatic heterocycles. The molecule has 0 bridgehead atoms. The van der Waals surface area contributed by atoms with Gasteiger partial charge in [0, 0.05) is 38.1 Å². The van der Waals surface area contributed by atoms with E-state index in [2.05, 4.69) is 5.32 Å². The third kappa shape index (κ3) is 3.30. The maximum atomic E-state index is 13.3. The summed E-state index contributed by atoms with van der Waals surface area (Å²) in [6.07, 6.45) is 0. The molecule has 2 heterocycles. The molecule has 3 rings (SSSR count). The Labute approximate surface area is 135 Å². The topological polar surface area (TPSA) is 52.7 Å². The van der Waals surface area contributed by atoms with Gasteiger partial charge in [0.1, 0.15) is 5.82 Å². The first-order valence-electron chi connectivity index (χ1n) is 8.02. The molecular weight excluding hydrogens is 297 g/mol. The van der Waals surface area contributed by atoms with Crippen LogP contribution in [0.2, 0.25) is 0 Å². The van der Waals surface area contributed by atoms with Crippen molar-refractivity contribution in [3.05, 3.63) is 35.6 Å². The van der Waals surface area contributed by atoms with E-state index < -0.39 is 0 Å². The molecule has 1 aromatic rings. The molecule has 1 N–H and O–H groups in total. The number of amides is 3. The quantitative estimate of drug-likeness (QED) is 0.924. The lowest BCUT2D eigenvalue weighted by molar-refractivity contribution is -0.131. The molecule has 0 saturated carbocycles. The van der Waals surface area contributed by atoms with Crippen LogP contribution >= 0.6 is 0 Å². The minimum Gasteiger partial charge on any atom is -0.338 e. The zero-order valence-electron chi connectivity index (χ0n) is 13.5. The number of nitrogens with zero attached hydrogens (tertiary/aromatic N) is 2. The van der Waals surface area contributed by atoms with E-state index in [0.29, 0.717) is 26.2 Å². The normalized spacial score (nSPS) is 23.6. The van der Waals surface area contributed by atoms with Crippen LogP contribution < -0.4 is 5.32 Å². The summed E-state index contributed by atoms with van der Waals surface area (Å²) < 4.78 is 13.3. The van der Waals surface area contributed by atoms with Gasteiger partial charge in [0.15, 0.2) is 0 Å². The second kappa shape index (κ2) is 6.18. The molecule has 23 heavy (non-hydrogen) atoms. The summed E-state index contributed by atoms with van der Waals surface area (Å²) in [5.41, 5.74) is 0.799. The predicted octanol–water partition coefficient (Wildman–Crippen LogP) is 1.83. The molecule has 2 aliphatic rings. The van der Waals surface area contributed by atoms with Gasteiger partial charge in [-0.1, -0.05) is 12.1 Å². The fourth-order valence-electron chi connectivity index (χ4n) is 3.45. The fourth-order valence-corrected chi connectivity index (χ4v) is 3.45. The van der Waals surface area contributed by atoms with Crippen molar-refractivity contribution < 1.29 is 14.0 Å². The fraction of sp³-hybridized carbons (Fsp3) is 0.529. The first-order valence-corrected chi connectivity index (χ1v) is 8.02. The Morgan fingerprint density at radius 3 is 2.78 bits per heavy atom. The number of urea groups is 1. The van der Waals surface area contributed by atoms with Gasteiger partial charge < -0.3 is 15.1 Å². The first kappa shape index (κ1) is 15.8. The van der Waals surface area contributed by atoms with Gasteiger partial charge in [-0.25, -0.2) is 9.18 Å². The molecule has 3 amide bonds. The second-order valence-electron chi connectivity index (χ2n) is 6.72. The first-order chi connectivity index (χ1) is 10.9. The van der Waals surface area contributed by atoms with Gasteiger partial charge in [0.2, 0.25) is 5.91 Å². The molecule has 0 aromatic heterocycles. The Hall–Kier alpha value is -2.11. The van der Waals surface area contributed by atoms with E-state index in [1.165, 1.54) is 12.1 Å². The molecule has 2 atom stereocenters. The van der Waals surface area contributed by atoms with E-state index in [0.717, 1.165) is 5.56 Å². The largest absolute Gasteiger partial charge is 0.338 e. The number of carbonyl (C=O) groups is 2. The Balaban J connectivity index is 1.61. The summed E-state index contributed by atoms with van der Waals surface area (Å²) in [6, 6.07) is 6.33. The number of rotatable bonds is 3. The van der Waals surface area contributed by atoms with Crippen LogP contribution in [0.1, 0.15) is 19.4 Å². The van der Waals surface area contributed by atoms with Crippen molar-refractivity contribution in [2.75, 3.05) is 19.6 Å². The standard InChI is InChI=1S/C17H22FN3O2/c1-11(2)19-17(23)21-9-13-8-20(16(22)15(13)10-21)7-12-4-3-5-14(18)6-12/h3-6,11,13,15H,7-10H2,1-2H3,(H,19,23)/t13-,15+/m0/s1. The van der Waals surface area contributed by atoms with Gasteiger partial charge in [-0.05, 0) is 31.5 Å². The molecule has 2 saturated heterocycles. The van der Waals surface area contributed by atoms with Crippen LogP contribution in [0.25, 0.3) is 0 Å². The van der Waals surface area contributed by atoms with Crippen LogP contribution in [0.15, 0.2) is 24.3 Å². The van der Waals surface area contributed by atoms with E-state index >= 15 is 0 Å². The maximum absolute atomic E-state index is 13.3. The third-order valence-electron chi connectivity index (χ3n) is 4.49. The molecule has 0 unspecified atom stereocenters. The summed E-state index contributed by atoms with van der Waals surface area (Å²) in [5, 5.41) is 2.87. The van der Waals surface area contributed by atoms with Crippen molar-refractivity contribution in [3.8, 4) is 0 Å². The Bertz CT molecular complexity index is 620. The molecule has 0 aliphatic carbocycles. The minimum absolute atomic E-state index is 0.0686. The highest BCUT2D eigenvalue weighted by molar-refractivity contribution is 5.84. The summed E-state index contributed by atoms with van der Waals surface area (Å²) >= 11 is 0. The van der Waals surface area contributed by atoms with Gasteiger partial charge in [0.05, 0.1) is 5.92 Å². The van der Waals surface area contributed by atoms with Crippen molar-refractivity contribution in [1.29, 1.82) is 0 Å². The average molecular weight is 319 g/mol. The van der Waals surface area contributed by atoms with Crippen molar-refractivity contribution >= 4 is 11.9 Å². The van der Waals surface area contributed by atoms with Gasteiger partial charge in [-0.2, -0.15) is 0 Å². The average Bonchev–Trinajstić information content (AvgIpc) is 2.99. The van der Waals surface area contributed by atoms with Crippen LogP contribution in [0.5, 0.6) is 0 Å². The molecule has 0 spiro atoms. The molecule has 124 valence electrons. The van der Waals surface area contributed by atoms with Crippen LogP contribution in [0.4, 0.5) is 9.18 Å². The number of halogens is 1. The molecule has 2 fully saturated rings. The Morgan fingerprint density at radius 1 is 1.35 bits per heavy atom. The van der Waals surface area contributed by atoms with Crippen molar-refractivity contribution in [1.82, 2.24) is 15.1 Å². The minimum atomic E-state index is -0.286. The summed E-state index contributed by atoms with van der Waals surface area (Å²) in [6.45, 7) is 5.98. The van der Waals surface area contributed by atoms with Gasteiger partial charge in [0.25, 0.3) is 0 Å². The predicted molar refractivity (Wildman–Crippen MR) is 84.0 cm³/mol. The molecular formula is C17H22FN3O2. The summed E-state index contributed by atoms with van der Waals surface area (Å²) in [4.78, 5) is 28.1. The number of hydrogen-bond acceptors (Lipinski definition) is 2. The summed E-state index contributed by atoms with van der Waals surface area (Å²) in [5.74, 6) is -0.166. The highest BCUT2D eigenvalue weighted by Crippen LogP contribution is 2.33. The Kier molecular flexibility index (Phi) is 4.24. The lowest BCUT2D eigenvalue weighted by Gasteiger charge is -2.23. The number of hydrogen-bond donors (Lipinski definition) is 1. The number of nitrogens with one attached hydrogen (secondary N) is 1. The lowest BCUT2D eigenvalue weighted by atomic mass is 10.0. The Morgan fingerprint density at radius 2 is 2.13 bits per heavy atom. The molecule has 5 nitrogen and oxygen atoms in total. The number of likely N-dealkylation sites (tertiary alicyclic amines) is 2. The highest BCUT2D eigenvalue weighted by Gasteiger charge is 2.47. The molecule has 1 aromatic carbocycles. The lowest BCUT2D eigenvalue weighted by Crippen LogP contribution is -2.43. The number of fused-ring (bicyclic) bond motifs is 1. The smallest absolute Gasteiger partial charge is 0.317 e. The van der Waals surface area contributed by atoms with Crippen LogP contribution in [0, 0.1) is 17.7 Å². The zero-order valence-corrected chi connectivity index (χ0v) is 13.5. The van der Waals surface area contributed by atoms with Crippen molar-refractivity contribution in [3.63, 3.8) is 0 Å². The van der Waals surface area contributed by atoms with Gasteiger partial charge >= 0.3 is 6.03 Å². The van der Waals surface area contributed by atoms with Crippen LogP contribution in [0.3, 0.4) is 0 Å². The highest BCUT2D eigenvalue weighted by atomic mass is 19.1. The van der Waals surface area contributed by atoms with Crippen molar-refractivity contribution in [2.45, 2.75) is 26.4 Å². The third-order valence-corrected chi connectivity index (χ3v) is 4.49. The molecule has 0 radical (unpaired) electrons.